The Morgan fingerprint density at radius 2 is 2.32 bits per heavy atom. The number of ether oxygens (including phenoxy) is 1. The molecule has 102 valence electrons. The summed E-state index contributed by atoms with van der Waals surface area (Å²) in [4.78, 5) is 4.13. The minimum absolute atomic E-state index is 0.301. The first kappa shape index (κ1) is 14.0. The predicted molar refractivity (Wildman–Crippen MR) is 70.5 cm³/mol. The van der Waals surface area contributed by atoms with Crippen LogP contribution >= 0.6 is 11.6 Å². The summed E-state index contributed by atoms with van der Waals surface area (Å²) in [6.45, 7) is 1.84. The van der Waals surface area contributed by atoms with Crippen molar-refractivity contribution >= 4 is 11.6 Å². The van der Waals surface area contributed by atoms with Gasteiger partial charge in [-0.15, -0.1) is 0 Å². The highest BCUT2D eigenvalue weighted by Crippen LogP contribution is 2.28. The van der Waals surface area contributed by atoms with E-state index in [2.05, 4.69) is 10.3 Å². The number of oxazole rings is 1. The topological polar surface area (TPSA) is 47.3 Å². The maximum absolute atomic E-state index is 13.0. The molecule has 0 aliphatic carbocycles. The predicted octanol–water partition coefficient (Wildman–Crippen LogP) is 2.87. The van der Waals surface area contributed by atoms with Crippen LogP contribution in [0.1, 0.15) is 5.89 Å². The second-order valence-electron chi connectivity index (χ2n) is 3.91. The van der Waals surface area contributed by atoms with E-state index >= 15 is 0 Å². The van der Waals surface area contributed by atoms with Crippen LogP contribution in [-0.4, -0.2) is 25.2 Å². The number of hydrogen-bond acceptors (Lipinski definition) is 4. The van der Waals surface area contributed by atoms with Crippen molar-refractivity contribution in [1.29, 1.82) is 0 Å². The molecule has 2 aromatic rings. The number of aromatic nitrogens is 1. The molecule has 1 aromatic heterocycles. The molecule has 6 heteroatoms. The molecule has 0 bridgehead atoms. The highest BCUT2D eigenvalue weighted by Gasteiger charge is 2.10. The fraction of sp³-hybridized carbons (Fsp3) is 0.308. The Morgan fingerprint density at radius 1 is 1.47 bits per heavy atom. The molecule has 0 amide bonds. The normalized spacial score (nSPS) is 10.9. The Bertz CT molecular complexity index is 545. The van der Waals surface area contributed by atoms with Gasteiger partial charge in [0.1, 0.15) is 5.82 Å². The number of halogens is 2. The minimum Gasteiger partial charge on any atom is -0.439 e. The molecule has 4 nitrogen and oxygen atoms in total. The number of benzene rings is 1. The van der Waals surface area contributed by atoms with Crippen molar-refractivity contribution in [2.75, 3.05) is 20.3 Å². The van der Waals surface area contributed by atoms with Crippen molar-refractivity contribution in [1.82, 2.24) is 10.3 Å². The average molecular weight is 285 g/mol. The SMILES string of the molecule is COCCNCc1ncc(-c2ccc(F)cc2Cl)o1. The van der Waals surface area contributed by atoms with E-state index in [0.717, 1.165) is 0 Å². The van der Waals surface area contributed by atoms with Gasteiger partial charge in [0, 0.05) is 19.2 Å². The molecular weight excluding hydrogens is 271 g/mol. The molecule has 0 atom stereocenters. The number of rotatable bonds is 6. The number of methoxy groups -OCH3 is 1. The van der Waals surface area contributed by atoms with Gasteiger partial charge in [-0.2, -0.15) is 0 Å². The van der Waals surface area contributed by atoms with Crippen LogP contribution in [-0.2, 0) is 11.3 Å². The maximum atomic E-state index is 13.0. The number of nitrogens with zero attached hydrogens (tertiary/aromatic N) is 1. The molecule has 0 spiro atoms. The number of nitrogens with one attached hydrogen (secondary N) is 1. The third-order valence-electron chi connectivity index (χ3n) is 2.51. The van der Waals surface area contributed by atoms with Gasteiger partial charge in [-0.25, -0.2) is 9.37 Å². The van der Waals surface area contributed by atoms with Gasteiger partial charge in [-0.05, 0) is 18.2 Å². The van der Waals surface area contributed by atoms with E-state index in [9.17, 15) is 4.39 Å². The van der Waals surface area contributed by atoms with Crippen LogP contribution in [0.5, 0.6) is 0 Å². The Morgan fingerprint density at radius 3 is 3.05 bits per heavy atom. The Balaban J connectivity index is 2.04. The summed E-state index contributed by atoms with van der Waals surface area (Å²) in [6.07, 6.45) is 1.58. The molecule has 2 rings (SSSR count). The fourth-order valence-corrected chi connectivity index (χ4v) is 1.84. The molecule has 19 heavy (non-hydrogen) atoms. The molecule has 0 aliphatic rings. The maximum Gasteiger partial charge on any atom is 0.208 e. The van der Waals surface area contributed by atoms with Crippen molar-refractivity contribution < 1.29 is 13.5 Å². The molecule has 0 saturated heterocycles. The van der Waals surface area contributed by atoms with Gasteiger partial charge in [0.25, 0.3) is 0 Å². The first-order chi connectivity index (χ1) is 9.20. The van der Waals surface area contributed by atoms with Gasteiger partial charge in [0.2, 0.25) is 5.89 Å². The van der Waals surface area contributed by atoms with Crippen LogP contribution in [0.4, 0.5) is 4.39 Å². The van der Waals surface area contributed by atoms with E-state index < -0.39 is 0 Å². The van der Waals surface area contributed by atoms with E-state index in [1.54, 1.807) is 19.4 Å². The van der Waals surface area contributed by atoms with E-state index in [0.29, 0.717) is 41.9 Å². The van der Waals surface area contributed by atoms with Crippen LogP contribution < -0.4 is 5.32 Å². The number of hydrogen-bond donors (Lipinski definition) is 1. The molecule has 1 N–H and O–H groups in total. The summed E-state index contributed by atoms with van der Waals surface area (Å²) in [5, 5.41) is 3.42. The molecule has 0 saturated carbocycles. The molecule has 0 radical (unpaired) electrons. The van der Waals surface area contributed by atoms with Crippen LogP contribution in [0.3, 0.4) is 0 Å². The van der Waals surface area contributed by atoms with Gasteiger partial charge in [-0.3, -0.25) is 0 Å². The second kappa shape index (κ2) is 6.65. The summed E-state index contributed by atoms with van der Waals surface area (Å²) in [5.74, 6) is 0.690. The molecule has 1 heterocycles. The summed E-state index contributed by atoms with van der Waals surface area (Å²) in [5.41, 5.74) is 0.624. The molecule has 0 aliphatic heterocycles. The molecule has 1 aromatic carbocycles. The van der Waals surface area contributed by atoms with Crippen LogP contribution in [0, 0.1) is 5.82 Å². The van der Waals surface area contributed by atoms with Gasteiger partial charge in [-0.1, -0.05) is 11.6 Å². The summed E-state index contributed by atoms with van der Waals surface area (Å²) in [6, 6.07) is 4.15. The van der Waals surface area contributed by atoms with Gasteiger partial charge < -0.3 is 14.5 Å². The zero-order valence-corrected chi connectivity index (χ0v) is 11.2. The third kappa shape index (κ3) is 3.76. The van der Waals surface area contributed by atoms with Crippen molar-refractivity contribution in [3.05, 3.63) is 41.1 Å². The van der Waals surface area contributed by atoms with Crippen molar-refractivity contribution in [2.45, 2.75) is 6.54 Å². The lowest BCUT2D eigenvalue weighted by Gasteiger charge is -2.01. The van der Waals surface area contributed by atoms with E-state index in [4.69, 9.17) is 20.8 Å². The highest BCUT2D eigenvalue weighted by atomic mass is 35.5. The summed E-state index contributed by atoms with van der Waals surface area (Å²) >= 11 is 5.96. The Hall–Kier alpha value is -1.43. The van der Waals surface area contributed by atoms with Gasteiger partial charge >= 0.3 is 0 Å². The van der Waals surface area contributed by atoms with Crippen LogP contribution in [0.25, 0.3) is 11.3 Å². The zero-order chi connectivity index (χ0) is 13.7. The second-order valence-corrected chi connectivity index (χ2v) is 4.32. The van der Waals surface area contributed by atoms with Gasteiger partial charge in [0.15, 0.2) is 5.76 Å². The molecule has 0 unspecified atom stereocenters. The zero-order valence-electron chi connectivity index (χ0n) is 10.5. The van der Waals surface area contributed by atoms with Crippen LogP contribution in [0.15, 0.2) is 28.8 Å². The summed E-state index contributed by atoms with van der Waals surface area (Å²) < 4.78 is 23.4. The fourth-order valence-electron chi connectivity index (χ4n) is 1.58. The smallest absolute Gasteiger partial charge is 0.208 e. The molecular formula is C13H14ClFN2O2. The van der Waals surface area contributed by atoms with Crippen LogP contribution in [0.2, 0.25) is 5.02 Å². The highest BCUT2D eigenvalue weighted by molar-refractivity contribution is 6.33. The largest absolute Gasteiger partial charge is 0.439 e. The quantitative estimate of drug-likeness (QED) is 0.829. The average Bonchev–Trinajstić information content (AvgIpc) is 2.83. The van der Waals surface area contributed by atoms with E-state index in [1.807, 2.05) is 0 Å². The lowest BCUT2D eigenvalue weighted by Crippen LogP contribution is -2.18. The molecule has 0 fully saturated rings. The first-order valence-corrected chi connectivity index (χ1v) is 6.18. The Labute approximate surface area is 115 Å². The van der Waals surface area contributed by atoms with Crippen molar-refractivity contribution in [3.63, 3.8) is 0 Å². The lowest BCUT2D eigenvalue weighted by molar-refractivity contribution is 0.198. The van der Waals surface area contributed by atoms with Crippen molar-refractivity contribution in [2.24, 2.45) is 0 Å². The standard InChI is InChI=1S/C13H14ClFN2O2/c1-18-5-4-16-8-13-17-7-12(19-13)10-3-2-9(15)6-11(10)14/h2-3,6-7,16H,4-5,8H2,1H3. The van der Waals surface area contributed by atoms with E-state index in [-0.39, 0.29) is 5.82 Å². The minimum atomic E-state index is -0.380. The van der Waals surface area contributed by atoms with E-state index in [1.165, 1.54) is 12.1 Å². The summed E-state index contributed by atoms with van der Waals surface area (Å²) in [7, 11) is 1.64. The first-order valence-electron chi connectivity index (χ1n) is 5.80. The van der Waals surface area contributed by atoms with Crippen molar-refractivity contribution in [3.8, 4) is 11.3 Å². The van der Waals surface area contributed by atoms with Gasteiger partial charge in [0.05, 0.1) is 24.4 Å². The lowest BCUT2D eigenvalue weighted by atomic mass is 10.2. The third-order valence-corrected chi connectivity index (χ3v) is 2.82. The monoisotopic (exact) mass is 284 g/mol. The Kier molecular flexibility index (Phi) is 4.90.